The molecule has 1 saturated heterocycles. The lowest BCUT2D eigenvalue weighted by Gasteiger charge is -2.26. The van der Waals surface area contributed by atoms with Crippen LogP contribution < -0.4 is 16.0 Å². The predicted octanol–water partition coefficient (Wildman–Crippen LogP) is 4.49. The van der Waals surface area contributed by atoms with Crippen molar-refractivity contribution in [2.24, 2.45) is 0 Å². The van der Waals surface area contributed by atoms with Crippen molar-refractivity contribution in [3.63, 3.8) is 0 Å². The van der Waals surface area contributed by atoms with Crippen molar-refractivity contribution in [2.45, 2.75) is 18.9 Å². The Kier molecular flexibility index (Phi) is 5.32. The van der Waals surface area contributed by atoms with Crippen LogP contribution in [0.4, 0.5) is 17.1 Å². The van der Waals surface area contributed by atoms with Crippen molar-refractivity contribution < 1.29 is 9.90 Å². The minimum Gasteiger partial charge on any atom is -0.478 e. The van der Waals surface area contributed by atoms with Crippen LogP contribution in [0.2, 0.25) is 5.02 Å². The summed E-state index contributed by atoms with van der Waals surface area (Å²) in [5.41, 5.74) is 3.46. The molecule has 1 fully saturated rings. The zero-order valence-corrected chi connectivity index (χ0v) is 16.0. The minimum atomic E-state index is -0.959. The molecule has 2 aromatic carbocycles. The molecule has 0 bridgehead atoms. The lowest BCUT2D eigenvalue weighted by Crippen LogP contribution is -2.35. The number of rotatable bonds is 5. The van der Waals surface area contributed by atoms with E-state index < -0.39 is 5.97 Å². The molecule has 0 amide bonds. The van der Waals surface area contributed by atoms with Gasteiger partial charge in [0.1, 0.15) is 0 Å². The second kappa shape index (κ2) is 8.04. The Balaban J connectivity index is 1.76. The highest BCUT2D eigenvalue weighted by atomic mass is 35.5. The zero-order chi connectivity index (χ0) is 19.5. The van der Waals surface area contributed by atoms with Gasteiger partial charge in [0, 0.05) is 22.1 Å². The summed E-state index contributed by atoms with van der Waals surface area (Å²) in [5.74, 6) is -0.959. The number of halogens is 1. The van der Waals surface area contributed by atoms with Crippen LogP contribution in [0.1, 0.15) is 23.2 Å². The van der Waals surface area contributed by atoms with E-state index in [1.54, 1.807) is 18.2 Å². The number of hydrogen-bond acceptors (Lipinski definition) is 5. The number of hydrogen-bond donors (Lipinski definition) is 4. The fraction of sp³-hybridized carbons (Fsp3) is 0.238. The summed E-state index contributed by atoms with van der Waals surface area (Å²) in [6, 6.07) is 12.7. The van der Waals surface area contributed by atoms with Gasteiger partial charge < -0.3 is 21.1 Å². The van der Waals surface area contributed by atoms with E-state index in [4.69, 9.17) is 11.6 Å². The smallest absolute Gasteiger partial charge is 0.335 e. The van der Waals surface area contributed by atoms with Gasteiger partial charge in [-0.15, -0.1) is 0 Å². The van der Waals surface area contributed by atoms with E-state index in [1.165, 1.54) is 0 Å². The standard InChI is InChI=1S/C21H21ClN4O2/c22-14-4-5-18-17(11-14)20(26-16-3-1-2-13(10-16)21(27)28)19(12-24-18)25-15-6-8-23-9-7-15/h1-5,10-12,15,23,25H,6-9H2,(H,24,26)(H,27,28). The highest BCUT2D eigenvalue weighted by Gasteiger charge is 2.17. The van der Waals surface area contributed by atoms with Crippen molar-refractivity contribution in [1.29, 1.82) is 0 Å². The molecule has 2 heterocycles. The molecule has 4 N–H and O–H groups in total. The van der Waals surface area contributed by atoms with Gasteiger partial charge in [-0.2, -0.15) is 0 Å². The topological polar surface area (TPSA) is 86.3 Å². The van der Waals surface area contributed by atoms with E-state index in [9.17, 15) is 9.90 Å². The Morgan fingerprint density at radius 1 is 1.18 bits per heavy atom. The Bertz CT molecular complexity index is 1020. The molecule has 144 valence electrons. The third-order valence-electron chi connectivity index (χ3n) is 4.91. The van der Waals surface area contributed by atoms with Gasteiger partial charge in [-0.25, -0.2) is 4.79 Å². The molecule has 1 aliphatic rings. The second-order valence-electron chi connectivity index (χ2n) is 6.89. The Hall–Kier alpha value is -2.83. The van der Waals surface area contributed by atoms with Crippen molar-refractivity contribution in [1.82, 2.24) is 10.3 Å². The van der Waals surface area contributed by atoms with Gasteiger partial charge in [-0.3, -0.25) is 4.98 Å². The van der Waals surface area contributed by atoms with Crippen molar-refractivity contribution in [3.05, 3.63) is 59.2 Å². The molecule has 4 rings (SSSR count). The summed E-state index contributed by atoms with van der Waals surface area (Å²) in [4.78, 5) is 15.9. The van der Waals surface area contributed by atoms with Crippen LogP contribution in [-0.2, 0) is 0 Å². The molecule has 3 aromatic rings. The number of anilines is 3. The van der Waals surface area contributed by atoms with Gasteiger partial charge in [0.2, 0.25) is 0 Å². The number of aromatic carboxylic acids is 1. The first kappa shape index (κ1) is 18.5. The Labute approximate surface area is 167 Å². The number of aromatic nitrogens is 1. The summed E-state index contributed by atoms with van der Waals surface area (Å²) in [7, 11) is 0. The van der Waals surface area contributed by atoms with Gasteiger partial charge in [0.15, 0.2) is 0 Å². The molecule has 0 radical (unpaired) electrons. The number of pyridine rings is 1. The summed E-state index contributed by atoms with van der Waals surface area (Å²) in [6.07, 6.45) is 3.88. The SMILES string of the molecule is O=C(O)c1cccc(Nc2c(NC3CCNCC3)cnc3ccc(Cl)cc23)c1. The maximum Gasteiger partial charge on any atom is 0.335 e. The molecule has 0 aliphatic carbocycles. The first-order valence-electron chi connectivity index (χ1n) is 9.26. The van der Waals surface area contributed by atoms with Gasteiger partial charge in [-0.05, 0) is 62.3 Å². The van der Waals surface area contributed by atoms with Crippen LogP contribution in [0.25, 0.3) is 10.9 Å². The highest BCUT2D eigenvalue weighted by Crippen LogP contribution is 2.35. The summed E-state index contributed by atoms with van der Waals surface area (Å²) >= 11 is 6.24. The predicted molar refractivity (Wildman–Crippen MR) is 113 cm³/mol. The zero-order valence-electron chi connectivity index (χ0n) is 15.2. The van der Waals surface area contributed by atoms with Crippen molar-refractivity contribution in [2.75, 3.05) is 23.7 Å². The van der Waals surface area contributed by atoms with E-state index in [2.05, 4.69) is 20.9 Å². The Morgan fingerprint density at radius 3 is 2.79 bits per heavy atom. The number of carboxylic acid groups (broad SMARTS) is 1. The van der Waals surface area contributed by atoms with Crippen molar-refractivity contribution >= 4 is 45.5 Å². The third kappa shape index (κ3) is 4.03. The van der Waals surface area contributed by atoms with Crippen LogP contribution in [-0.4, -0.2) is 35.2 Å². The number of fused-ring (bicyclic) bond motifs is 1. The molecule has 28 heavy (non-hydrogen) atoms. The van der Waals surface area contributed by atoms with Gasteiger partial charge >= 0.3 is 5.97 Å². The van der Waals surface area contributed by atoms with Crippen LogP contribution in [0.3, 0.4) is 0 Å². The fourth-order valence-electron chi connectivity index (χ4n) is 3.47. The molecule has 0 atom stereocenters. The first-order valence-corrected chi connectivity index (χ1v) is 9.64. The number of nitrogens with one attached hydrogen (secondary N) is 3. The van der Waals surface area contributed by atoms with E-state index >= 15 is 0 Å². The third-order valence-corrected chi connectivity index (χ3v) is 5.14. The molecule has 6 nitrogen and oxygen atoms in total. The second-order valence-corrected chi connectivity index (χ2v) is 7.32. The number of benzene rings is 2. The van der Waals surface area contributed by atoms with Crippen LogP contribution in [0.15, 0.2) is 48.7 Å². The molecule has 0 spiro atoms. The average molecular weight is 397 g/mol. The minimum absolute atomic E-state index is 0.231. The van der Waals surface area contributed by atoms with E-state index in [0.717, 1.165) is 48.2 Å². The maximum atomic E-state index is 11.3. The molecule has 7 heteroatoms. The largest absolute Gasteiger partial charge is 0.478 e. The molecule has 1 aromatic heterocycles. The molecular formula is C21H21ClN4O2. The lowest BCUT2D eigenvalue weighted by molar-refractivity contribution is 0.0697. The van der Waals surface area contributed by atoms with E-state index in [0.29, 0.717) is 16.8 Å². The van der Waals surface area contributed by atoms with E-state index in [-0.39, 0.29) is 5.56 Å². The maximum absolute atomic E-state index is 11.3. The van der Waals surface area contributed by atoms with Gasteiger partial charge in [0.25, 0.3) is 0 Å². The quantitative estimate of drug-likeness (QED) is 0.508. The average Bonchev–Trinajstić information content (AvgIpc) is 2.71. The first-order chi connectivity index (χ1) is 13.6. The monoisotopic (exact) mass is 396 g/mol. The summed E-state index contributed by atoms with van der Waals surface area (Å²) in [6.45, 7) is 1.96. The number of piperidine rings is 1. The number of nitrogens with zero attached hydrogens (tertiary/aromatic N) is 1. The molecule has 1 aliphatic heterocycles. The van der Waals surface area contributed by atoms with Gasteiger partial charge in [0.05, 0.1) is 28.7 Å². The van der Waals surface area contributed by atoms with Crippen LogP contribution in [0.5, 0.6) is 0 Å². The lowest BCUT2D eigenvalue weighted by atomic mass is 10.1. The fourth-order valence-corrected chi connectivity index (χ4v) is 3.64. The number of carbonyl (C=O) groups is 1. The highest BCUT2D eigenvalue weighted by molar-refractivity contribution is 6.31. The molecule has 0 saturated carbocycles. The van der Waals surface area contributed by atoms with E-state index in [1.807, 2.05) is 30.5 Å². The Morgan fingerprint density at radius 2 is 2.00 bits per heavy atom. The normalized spacial score (nSPS) is 14.8. The molecular weight excluding hydrogens is 376 g/mol. The number of carboxylic acids is 1. The van der Waals surface area contributed by atoms with Gasteiger partial charge in [-0.1, -0.05) is 17.7 Å². The molecule has 0 unspecified atom stereocenters. The van der Waals surface area contributed by atoms with Crippen LogP contribution in [0, 0.1) is 0 Å². The van der Waals surface area contributed by atoms with Crippen LogP contribution >= 0.6 is 11.6 Å². The summed E-state index contributed by atoms with van der Waals surface area (Å²) in [5, 5.41) is 21.1. The van der Waals surface area contributed by atoms with Crippen molar-refractivity contribution in [3.8, 4) is 0 Å². The summed E-state index contributed by atoms with van der Waals surface area (Å²) < 4.78 is 0.